The lowest BCUT2D eigenvalue weighted by atomic mass is 10.0. The van der Waals surface area contributed by atoms with Gasteiger partial charge in [0.2, 0.25) is 0 Å². The lowest BCUT2D eigenvalue weighted by Gasteiger charge is -2.14. The molecule has 1 atom stereocenters. The Morgan fingerprint density at radius 2 is 2.26 bits per heavy atom. The van der Waals surface area contributed by atoms with Gasteiger partial charge in [-0.1, -0.05) is 29.8 Å². The van der Waals surface area contributed by atoms with Crippen LogP contribution in [0.3, 0.4) is 0 Å². The highest BCUT2D eigenvalue weighted by molar-refractivity contribution is 6.31. The molecule has 1 heterocycles. The predicted octanol–water partition coefficient (Wildman–Crippen LogP) is 2.72. The number of nitrogens with two attached hydrogens (primary N) is 1. The maximum absolute atomic E-state index is 13.7. The van der Waals surface area contributed by atoms with Crippen molar-refractivity contribution in [1.82, 2.24) is 15.0 Å². The van der Waals surface area contributed by atoms with E-state index in [4.69, 9.17) is 17.3 Å². The molecule has 102 valence electrons. The van der Waals surface area contributed by atoms with Gasteiger partial charge >= 0.3 is 0 Å². The van der Waals surface area contributed by atoms with Gasteiger partial charge in [0, 0.05) is 17.1 Å². The number of aryl methyl sites for hydroxylation is 1. The summed E-state index contributed by atoms with van der Waals surface area (Å²) in [5, 5.41) is 8.22. The van der Waals surface area contributed by atoms with Gasteiger partial charge in [0.15, 0.2) is 0 Å². The van der Waals surface area contributed by atoms with Crippen LogP contribution in [0, 0.1) is 5.82 Å². The number of benzene rings is 1. The van der Waals surface area contributed by atoms with Gasteiger partial charge in [-0.05, 0) is 25.0 Å². The van der Waals surface area contributed by atoms with E-state index in [1.807, 2.05) is 6.92 Å². The fourth-order valence-electron chi connectivity index (χ4n) is 1.99. The van der Waals surface area contributed by atoms with Gasteiger partial charge < -0.3 is 5.73 Å². The standard InChI is InChI=1S/C13H16ClFN4/c1-2-6-19-13(8-17-18-19)12(16)7-9-10(14)4-3-5-11(9)15/h3-5,8,12H,2,6-7,16H2,1H3. The Morgan fingerprint density at radius 3 is 2.95 bits per heavy atom. The van der Waals surface area contributed by atoms with Crippen LogP contribution in [-0.2, 0) is 13.0 Å². The van der Waals surface area contributed by atoms with Crippen molar-refractivity contribution in [3.63, 3.8) is 0 Å². The second kappa shape index (κ2) is 6.12. The van der Waals surface area contributed by atoms with E-state index in [1.165, 1.54) is 6.07 Å². The molecule has 2 rings (SSSR count). The molecule has 0 fully saturated rings. The Bertz CT molecular complexity index is 535. The first kappa shape index (κ1) is 14.0. The van der Waals surface area contributed by atoms with E-state index in [1.54, 1.807) is 23.0 Å². The van der Waals surface area contributed by atoms with Gasteiger partial charge in [0.05, 0.1) is 17.9 Å². The largest absolute Gasteiger partial charge is 0.322 e. The summed E-state index contributed by atoms with van der Waals surface area (Å²) in [6.45, 7) is 2.79. The zero-order valence-corrected chi connectivity index (χ0v) is 11.4. The van der Waals surface area contributed by atoms with Crippen molar-refractivity contribution in [1.29, 1.82) is 0 Å². The Labute approximate surface area is 116 Å². The van der Waals surface area contributed by atoms with Crippen molar-refractivity contribution < 1.29 is 4.39 Å². The minimum Gasteiger partial charge on any atom is -0.322 e. The quantitative estimate of drug-likeness (QED) is 0.917. The smallest absolute Gasteiger partial charge is 0.127 e. The first-order valence-electron chi connectivity index (χ1n) is 6.20. The molecule has 0 spiro atoms. The summed E-state index contributed by atoms with van der Waals surface area (Å²) in [6, 6.07) is 4.25. The van der Waals surface area contributed by atoms with Crippen LogP contribution in [0.5, 0.6) is 0 Å². The maximum atomic E-state index is 13.7. The molecule has 4 nitrogen and oxygen atoms in total. The zero-order valence-electron chi connectivity index (χ0n) is 10.7. The molecule has 0 radical (unpaired) electrons. The van der Waals surface area contributed by atoms with E-state index in [9.17, 15) is 4.39 Å². The normalized spacial score (nSPS) is 12.6. The molecular formula is C13H16ClFN4. The van der Waals surface area contributed by atoms with Crippen molar-refractivity contribution >= 4 is 11.6 Å². The summed E-state index contributed by atoms with van der Waals surface area (Å²) in [5.41, 5.74) is 7.34. The van der Waals surface area contributed by atoms with Gasteiger partial charge in [-0.15, -0.1) is 5.10 Å². The summed E-state index contributed by atoms with van der Waals surface area (Å²) in [5.74, 6) is -0.336. The lowest BCUT2D eigenvalue weighted by Crippen LogP contribution is -2.19. The van der Waals surface area contributed by atoms with E-state index in [0.717, 1.165) is 18.7 Å². The van der Waals surface area contributed by atoms with Crippen molar-refractivity contribution in [3.05, 3.63) is 46.5 Å². The van der Waals surface area contributed by atoms with Crippen LogP contribution in [0.4, 0.5) is 4.39 Å². The van der Waals surface area contributed by atoms with Gasteiger partial charge in [-0.2, -0.15) is 0 Å². The molecule has 1 aromatic carbocycles. The summed E-state index contributed by atoms with van der Waals surface area (Å²) in [6.07, 6.45) is 2.88. The first-order chi connectivity index (χ1) is 9.13. The van der Waals surface area contributed by atoms with Crippen LogP contribution in [0.1, 0.15) is 30.6 Å². The molecule has 0 aliphatic rings. The van der Waals surface area contributed by atoms with E-state index in [0.29, 0.717) is 17.0 Å². The fraction of sp³-hybridized carbons (Fsp3) is 0.385. The van der Waals surface area contributed by atoms with Crippen LogP contribution < -0.4 is 5.73 Å². The molecule has 6 heteroatoms. The highest BCUT2D eigenvalue weighted by atomic mass is 35.5. The highest BCUT2D eigenvalue weighted by Crippen LogP contribution is 2.24. The molecule has 19 heavy (non-hydrogen) atoms. The second-order valence-electron chi connectivity index (χ2n) is 4.39. The predicted molar refractivity (Wildman–Crippen MR) is 72.4 cm³/mol. The molecule has 1 aromatic heterocycles. The molecule has 0 bridgehead atoms. The number of rotatable bonds is 5. The van der Waals surface area contributed by atoms with Crippen molar-refractivity contribution in [2.24, 2.45) is 5.73 Å². The maximum Gasteiger partial charge on any atom is 0.127 e. The van der Waals surface area contributed by atoms with E-state index < -0.39 is 0 Å². The Balaban J connectivity index is 2.21. The summed E-state index contributed by atoms with van der Waals surface area (Å²) < 4.78 is 15.5. The van der Waals surface area contributed by atoms with Crippen LogP contribution in [-0.4, -0.2) is 15.0 Å². The van der Waals surface area contributed by atoms with Gasteiger partial charge in [-0.25, -0.2) is 9.07 Å². The number of nitrogens with zero attached hydrogens (tertiary/aromatic N) is 3. The first-order valence-corrected chi connectivity index (χ1v) is 6.58. The van der Waals surface area contributed by atoms with Crippen molar-refractivity contribution in [2.75, 3.05) is 0 Å². The SMILES string of the molecule is CCCn1nncc1C(N)Cc1c(F)cccc1Cl. The zero-order chi connectivity index (χ0) is 13.8. The monoisotopic (exact) mass is 282 g/mol. The average molecular weight is 283 g/mol. The van der Waals surface area contributed by atoms with Gasteiger partial charge in [0.1, 0.15) is 5.82 Å². The molecule has 2 N–H and O–H groups in total. The van der Waals surface area contributed by atoms with Crippen LogP contribution in [0.15, 0.2) is 24.4 Å². The number of halogens is 2. The molecule has 0 aliphatic heterocycles. The number of hydrogen-bond donors (Lipinski definition) is 1. The molecular weight excluding hydrogens is 267 g/mol. The minimum absolute atomic E-state index is 0.322. The number of aromatic nitrogens is 3. The summed E-state index contributed by atoms with van der Waals surface area (Å²) >= 11 is 6.00. The van der Waals surface area contributed by atoms with Crippen molar-refractivity contribution in [2.45, 2.75) is 32.4 Å². The average Bonchev–Trinajstić information content (AvgIpc) is 2.83. The van der Waals surface area contributed by atoms with Crippen LogP contribution >= 0.6 is 11.6 Å². The van der Waals surface area contributed by atoms with Crippen LogP contribution in [0.25, 0.3) is 0 Å². The molecule has 0 saturated heterocycles. The summed E-state index contributed by atoms with van der Waals surface area (Å²) in [7, 11) is 0. The van der Waals surface area contributed by atoms with Crippen molar-refractivity contribution in [3.8, 4) is 0 Å². The van der Waals surface area contributed by atoms with Crippen LogP contribution in [0.2, 0.25) is 5.02 Å². The molecule has 0 amide bonds. The fourth-order valence-corrected chi connectivity index (χ4v) is 2.23. The highest BCUT2D eigenvalue weighted by Gasteiger charge is 2.17. The third kappa shape index (κ3) is 3.11. The van der Waals surface area contributed by atoms with E-state index >= 15 is 0 Å². The van der Waals surface area contributed by atoms with E-state index in [-0.39, 0.29) is 11.9 Å². The Kier molecular flexibility index (Phi) is 4.50. The van der Waals surface area contributed by atoms with E-state index in [2.05, 4.69) is 10.3 Å². The lowest BCUT2D eigenvalue weighted by molar-refractivity contribution is 0.519. The molecule has 0 aliphatic carbocycles. The Morgan fingerprint density at radius 1 is 1.47 bits per heavy atom. The van der Waals surface area contributed by atoms with Gasteiger partial charge in [0.25, 0.3) is 0 Å². The number of hydrogen-bond acceptors (Lipinski definition) is 3. The Hall–Kier alpha value is -1.46. The molecule has 2 aromatic rings. The second-order valence-corrected chi connectivity index (χ2v) is 4.80. The third-order valence-corrected chi connectivity index (χ3v) is 3.30. The summed E-state index contributed by atoms with van der Waals surface area (Å²) in [4.78, 5) is 0. The third-order valence-electron chi connectivity index (χ3n) is 2.95. The molecule has 0 saturated carbocycles. The minimum atomic E-state index is -0.379. The van der Waals surface area contributed by atoms with Gasteiger partial charge in [-0.3, -0.25) is 0 Å². The topological polar surface area (TPSA) is 56.7 Å². The molecule has 1 unspecified atom stereocenters.